The van der Waals surface area contributed by atoms with E-state index >= 15 is 0 Å². The number of aromatic amines is 1. The van der Waals surface area contributed by atoms with Gasteiger partial charge < -0.3 is 14.8 Å². The first-order valence-corrected chi connectivity index (χ1v) is 9.57. The minimum absolute atomic E-state index is 0.131. The fourth-order valence-corrected chi connectivity index (χ4v) is 3.51. The lowest BCUT2D eigenvalue weighted by atomic mass is 10.0. The zero-order valence-corrected chi connectivity index (χ0v) is 16.3. The summed E-state index contributed by atoms with van der Waals surface area (Å²) in [6.45, 7) is 6.42. The van der Waals surface area contributed by atoms with Crippen LogP contribution in [0.2, 0.25) is 0 Å². The number of aromatic nitrogens is 2. The summed E-state index contributed by atoms with van der Waals surface area (Å²) >= 11 is 0. The van der Waals surface area contributed by atoms with Gasteiger partial charge in [-0.1, -0.05) is 13.8 Å². The first kappa shape index (κ1) is 19.3. The molecule has 0 spiro atoms. The van der Waals surface area contributed by atoms with Gasteiger partial charge in [0, 0.05) is 30.7 Å². The molecule has 0 bridgehead atoms. The van der Waals surface area contributed by atoms with Crippen molar-refractivity contribution in [2.45, 2.75) is 45.2 Å². The quantitative estimate of drug-likeness (QED) is 0.881. The maximum Gasteiger partial charge on any atom is 0.261 e. The van der Waals surface area contributed by atoms with Crippen molar-refractivity contribution in [1.82, 2.24) is 19.8 Å². The average molecular weight is 368 g/mol. The van der Waals surface area contributed by atoms with Crippen molar-refractivity contribution in [2.75, 3.05) is 20.1 Å². The van der Waals surface area contributed by atoms with E-state index in [9.17, 15) is 9.59 Å². The van der Waals surface area contributed by atoms with Gasteiger partial charge in [-0.3, -0.25) is 14.6 Å². The predicted molar refractivity (Wildman–Crippen MR) is 106 cm³/mol. The molecule has 0 aromatic carbocycles. The van der Waals surface area contributed by atoms with E-state index < -0.39 is 0 Å². The molecule has 1 amide bonds. The summed E-state index contributed by atoms with van der Waals surface area (Å²) in [5.41, 5.74) is 1.77. The summed E-state index contributed by atoms with van der Waals surface area (Å²) in [7, 11) is 2.10. The lowest BCUT2D eigenvalue weighted by molar-refractivity contribution is 0.0567. The minimum atomic E-state index is -0.307. The van der Waals surface area contributed by atoms with Crippen LogP contribution in [0.15, 0.2) is 41.5 Å². The molecular formula is C21H28N4O2. The fourth-order valence-electron chi connectivity index (χ4n) is 3.51. The van der Waals surface area contributed by atoms with E-state index in [0.717, 1.165) is 37.2 Å². The number of hydrogen-bond acceptors (Lipinski definition) is 4. The molecule has 0 aliphatic carbocycles. The second-order valence-electron chi connectivity index (χ2n) is 7.63. The van der Waals surface area contributed by atoms with E-state index in [-0.39, 0.29) is 29.0 Å². The van der Waals surface area contributed by atoms with Gasteiger partial charge in [-0.25, -0.2) is 0 Å². The highest BCUT2D eigenvalue weighted by Crippen LogP contribution is 2.20. The predicted octanol–water partition coefficient (Wildman–Crippen LogP) is 2.63. The zero-order chi connectivity index (χ0) is 19.4. The van der Waals surface area contributed by atoms with E-state index in [2.05, 4.69) is 21.9 Å². The van der Waals surface area contributed by atoms with Crippen molar-refractivity contribution in [2.24, 2.45) is 0 Å². The van der Waals surface area contributed by atoms with E-state index in [0.29, 0.717) is 6.54 Å². The Morgan fingerprint density at radius 2 is 1.89 bits per heavy atom. The summed E-state index contributed by atoms with van der Waals surface area (Å²) in [5, 5.41) is 0. The highest BCUT2D eigenvalue weighted by atomic mass is 16.2. The van der Waals surface area contributed by atoms with E-state index in [1.807, 2.05) is 36.9 Å². The molecule has 6 nitrogen and oxygen atoms in total. The van der Waals surface area contributed by atoms with Crippen molar-refractivity contribution in [1.29, 1.82) is 0 Å². The molecule has 3 rings (SSSR count). The van der Waals surface area contributed by atoms with Crippen LogP contribution >= 0.6 is 0 Å². The van der Waals surface area contributed by atoms with Gasteiger partial charge in [0.05, 0.1) is 0 Å². The topological polar surface area (TPSA) is 69.3 Å². The molecule has 0 unspecified atom stereocenters. The number of pyridine rings is 2. The molecular weight excluding hydrogens is 340 g/mol. The highest BCUT2D eigenvalue weighted by Gasteiger charge is 2.29. The molecule has 0 saturated carbocycles. The highest BCUT2D eigenvalue weighted by molar-refractivity contribution is 5.94. The number of hydrogen-bond donors (Lipinski definition) is 1. The Hall–Kier alpha value is -2.47. The summed E-state index contributed by atoms with van der Waals surface area (Å²) in [6, 6.07) is 7.48. The summed E-state index contributed by atoms with van der Waals surface area (Å²) in [6.07, 6.45) is 5.29. The molecule has 1 aliphatic heterocycles. The molecule has 1 fully saturated rings. The van der Waals surface area contributed by atoms with Crippen molar-refractivity contribution in [3.8, 4) is 0 Å². The van der Waals surface area contributed by atoms with Gasteiger partial charge in [0.1, 0.15) is 5.56 Å². The number of likely N-dealkylation sites (tertiary alicyclic amines) is 1. The van der Waals surface area contributed by atoms with Gasteiger partial charge in [-0.2, -0.15) is 0 Å². The Bertz CT molecular complexity index is 824. The van der Waals surface area contributed by atoms with Crippen molar-refractivity contribution in [3.63, 3.8) is 0 Å². The second kappa shape index (κ2) is 8.48. The van der Waals surface area contributed by atoms with Crippen LogP contribution < -0.4 is 5.56 Å². The first-order chi connectivity index (χ1) is 13.0. The smallest absolute Gasteiger partial charge is 0.261 e. The largest absolute Gasteiger partial charge is 0.331 e. The SMILES string of the molecule is CC(C)c1ccc(C(=O)N(Cc2ccncc2)C2CCN(C)CC2)c(=O)[nH]1. The van der Waals surface area contributed by atoms with Crippen LogP contribution in [0.25, 0.3) is 0 Å². The number of nitrogens with one attached hydrogen (secondary N) is 1. The van der Waals surface area contributed by atoms with Crippen LogP contribution in [0.3, 0.4) is 0 Å². The van der Waals surface area contributed by atoms with E-state index in [1.54, 1.807) is 18.5 Å². The fraction of sp³-hybridized carbons (Fsp3) is 0.476. The maximum atomic E-state index is 13.3. The Morgan fingerprint density at radius 3 is 2.48 bits per heavy atom. The van der Waals surface area contributed by atoms with Crippen LogP contribution in [0.5, 0.6) is 0 Å². The van der Waals surface area contributed by atoms with Crippen molar-refractivity contribution >= 4 is 5.91 Å². The van der Waals surface area contributed by atoms with Crippen LogP contribution in [-0.4, -0.2) is 51.9 Å². The third-order valence-electron chi connectivity index (χ3n) is 5.28. The number of nitrogens with zero attached hydrogens (tertiary/aromatic N) is 3. The molecule has 27 heavy (non-hydrogen) atoms. The molecule has 0 radical (unpaired) electrons. The summed E-state index contributed by atoms with van der Waals surface area (Å²) in [5.74, 6) is 0.0153. The lowest BCUT2D eigenvalue weighted by Crippen LogP contribution is -2.47. The summed E-state index contributed by atoms with van der Waals surface area (Å²) in [4.78, 5) is 36.9. The molecule has 1 aliphatic rings. The lowest BCUT2D eigenvalue weighted by Gasteiger charge is -2.37. The van der Waals surface area contributed by atoms with Gasteiger partial charge in [-0.15, -0.1) is 0 Å². The molecule has 1 N–H and O–H groups in total. The number of H-pyrrole nitrogens is 1. The van der Waals surface area contributed by atoms with Crippen molar-refractivity contribution in [3.05, 3.63) is 63.8 Å². The minimum Gasteiger partial charge on any atom is -0.331 e. The Balaban J connectivity index is 1.89. The van der Waals surface area contributed by atoms with Gasteiger partial charge in [0.15, 0.2) is 0 Å². The molecule has 2 aromatic heterocycles. The van der Waals surface area contributed by atoms with E-state index in [1.165, 1.54) is 0 Å². The molecule has 1 saturated heterocycles. The molecule has 0 atom stereocenters. The summed E-state index contributed by atoms with van der Waals surface area (Å²) < 4.78 is 0. The third-order valence-corrected chi connectivity index (χ3v) is 5.28. The van der Waals surface area contributed by atoms with Crippen LogP contribution in [0.4, 0.5) is 0 Å². The number of piperidine rings is 1. The standard InChI is InChI=1S/C21H28N4O2/c1-15(2)19-5-4-18(20(26)23-19)21(27)25(14-16-6-10-22-11-7-16)17-8-12-24(3)13-9-17/h4-7,10-11,15,17H,8-9,12-14H2,1-3H3,(H,23,26). The molecule has 6 heteroatoms. The number of carbonyl (C=O) groups excluding carboxylic acids is 1. The number of amides is 1. The average Bonchev–Trinajstić information content (AvgIpc) is 2.67. The monoisotopic (exact) mass is 368 g/mol. The van der Waals surface area contributed by atoms with Crippen LogP contribution in [-0.2, 0) is 6.54 Å². The molecule has 2 aromatic rings. The Kier molecular flexibility index (Phi) is 6.06. The first-order valence-electron chi connectivity index (χ1n) is 9.57. The Morgan fingerprint density at radius 1 is 1.22 bits per heavy atom. The van der Waals surface area contributed by atoms with Crippen LogP contribution in [0, 0.1) is 0 Å². The normalized spacial score (nSPS) is 15.9. The number of rotatable bonds is 5. The second-order valence-corrected chi connectivity index (χ2v) is 7.63. The van der Waals surface area contributed by atoms with Crippen LogP contribution in [0.1, 0.15) is 54.2 Å². The van der Waals surface area contributed by atoms with Gasteiger partial charge in [-0.05, 0) is 68.7 Å². The van der Waals surface area contributed by atoms with E-state index in [4.69, 9.17) is 0 Å². The zero-order valence-electron chi connectivity index (χ0n) is 16.3. The van der Waals surface area contributed by atoms with Gasteiger partial charge in [0.2, 0.25) is 0 Å². The Labute approximate surface area is 160 Å². The molecule has 3 heterocycles. The van der Waals surface area contributed by atoms with Crippen molar-refractivity contribution < 1.29 is 4.79 Å². The maximum absolute atomic E-state index is 13.3. The number of carbonyl (C=O) groups is 1. The van der Waals surface area contributed by atoms with Gasteiger partial charge >= 0.3 is 0 Å². The third kappa shape index (κ3) is 4.63. The molecule has 144 valence electrons. The van der Waals surface area contributed by atoms with Gasteiger partial charge in [0.25, 0.3) is 11.5 Å².